The van der Waals surface area contributed by atoms with Crippen molar-refractivity contribution >= 4 is 28.4 Å². The van der Waals surface area contributed by atoms with Crippen LogP contribution >= 0.6 is 23.3 Å². The molecular weight excluding hydrogens is 271 g/mol. The molecule has 1 aromatic heterocycles. The van der Waals surface area contributed by atoms with Crippen molar-refractivity contribution in [2.75, 3.05) is 5.73 Å². The molecule has 2 rings (SSSR count). The van der Waals surface area contributed by atoms with Crippen molar-refractivity contribution in [1.29, 1.82) is 0 Å². The molecule has 0 aliphatic heterocycles. The maximum Gasteiger partial charge on any atom is 0.416 e. The van der Waals surface area contributed by atoms with E-state index >= 15 is 0 Å². The first kappa shape index (κ1) is 12.2. The van der Waals surface area contributed by atoms with Gasteiger partial charge >= 0.3 is 6.18 Å². The normalized spacial score (nSPS) is 11.7. The SMILES string of the molecule is Nc1nc(Sc2cccc(C(F)(F)F)c2)ns1. The minimum absolute atomic E-state index is 0.291. The molecule has 2 N–H and O–H groups in total. The lowest BCUT2D eigenvalue weighted by atomic mass is 10.2. The highest BCUT2D eigenvalue weighted by Crippen LogP contribution is 2.33. The molecule has 0 aliphatic carbocycles. The zero-order valence-electron chi connectivity index (χ0n) is 8.23. The first-order chi connectivity index (χ1) is 7.95. The van der Waals surface area contributed by atoms with Crippen molar-refractivity contribution in [2.45, 2.75) is 16.2 Å². The average Bonchev–Trinajstić information content (AvgIpc) is 2.63. The van der Waals surface area contributed by atoms with Crippen LogP contribution in [0.25, 0.3) is 0 Å². The summed E-state index contributed by atoms with van der Waals surface area (Å²) in [6.07, 6.45) is -4.34. The van der Waals surface area contributed by atoms with Gasteiger partial charge in [0.2, 0.25) is 10.3 Å². The molecule has 90 valence electrons. The number of nitrogen functional groups attached to an aromatic ring is 1. The Balaban J connectivity index is 2.22. The number of nitrogens with two attached hydrogens (primary N) is 1. The fourth-order valence-electron chi connectivity index (χ4n) is 1.10. The monoisotopic (exact) mass is 277 g/mol. The lowest BCUT2D eigenvalue weighted by molar-refractivity contribution is -0.137. The van der Waals surface area contributed by atoms with Crippen LogP contribution in [-0.4, -0.2) is 9.36 Å². The van der Waals surface area contributed by atoms with Gasteiger partial charge in [-0.25, -0.2) is 0 Å². The summed E-state index contributed by atoms with van der Waals surface area (Å²) in [7, 11) is 0. The standard InChI is InChI=1S/C9H6F3N3S2/c10-9(11,12)5-2-1-3-6(4-5)16-8-14-7(13)17-15-8/h1-4H,(H2,13,14,15). The molecule has 0 fully saturated rings. The smallest absolute Gasteiger partial charge is 0.374 e. The van der Waals surface area contributed by atoms with Crippen molar-refractivity contribution in [2.24, 2.45) is 0 Å². The van der Waals surface area contributed by atoms with Crippen molar-refractivity contribution in [3.8, 4) is 0 Å². The van der Waals surface area contributed by atoms with Crippen LogP contribution in [0.3, 0.4) is 0 Å². The zero-order valence-corrected chi connectivity index (χ0v) is 9.86. The van der Waals surface area contributed by atoms with Gasteiger partial charge in [-0.05, 0) is 30.0 Å². The molecular formula is C9H6F3N3S2. The van der Waals surface area contributed by atoms with Crippen molar-refractivity contribution < 1.29 is 13.2 Å². The van der Waals surface area contributed by atoms with Crippen LogP contribution in [-0.2, 0) is 6.18 Å². The molecule has 0 unspecified atom stereocenters. The third kappa shape index (κ3) is 3.10. The number of hydrogen-bond donors (Lipinski definition) is 1. The van der Waals surface area contributed by atoms with Crippen LogP contribution < -0.4 is 5.73 Å². The molecule has 8 heteroatoms. The van der Waals surface area contributed by atoms with E-state index in [0.29, 0.717) is 15.2 Å². The van der Waals surface area contributed by atoms with Crippen molar-refractivity contribution in [1.82, 2.24) is 9.36 Å². The number of alkyl halides is 3. The van der Waals surface area contributed by atoms with E-state index in [1.807, 2.05) is 0 Å². The number of nitrogens with zero attached hydrogens (tertiary/aromatic N) is 2. The summed E-state index contributed by atoms with van der Waals surface area (Å²) in [6, 6.07) is 4.99. The maximum atomic E-state index is 12.5. The molecule has 0 bridgehead atoms. The van der Waals surface area contributed by atoms with Crippen LogP contribution in [0.5, 0.6) is 0 Å². The Bertz CT molecular complexity index is 524. The highest BCUT2D eigenvalue weighted by atomic mass is 32.2. The molecule has 3 nitrogen and oxygen atoms in total. The van der Waals surface area contributed by atoms with Crippen LogP contribution in [0.4, 0.5) is 18.3 Å². The van der Waals surface area contributed by atoms with E-state index < -0.39 is 11.7 Å². The van der Waals surface area contributed by atoms with E-state index in [9.17, 15) is 13.2 Å². The maximum absolute atomic E-state index is 12.5. The number of halogens is 3. The van der Waals surface area contributed by atoms with Gasteiger partial charge in [-0.2, -0.15) is 22.5 Å². The summed E-state index contributed by atoms with van der Waals surface area (Å²) in [5, 5.41) is 0.645. The lowest BCUT2D eigenvalue weighted by Gasteiger charge is -2.07. The summed E-state index contributed by atoms with van der Waals surface area (Å²) in [4.78, 5) is 4.29. The van der Waals surface area contributed by atoms with Gasteiger partial charge in [-0.1, -0.05) is 6.07 Å². The molecule has 0 saturated heterocycles. The fourth-order valence-corrected chi connectivity index (χ4v) is 2.45. The van der Waals surface area contributed by atoms with E-state index in [1.54, 1.807) is 6.07 Å². The second kappa shape index (κ2) is 4.53. The summed E-state index contributed by atoms with van der Waals surface area (Å²) < 4.78 is 41.2. The number of aromatic nitrogens is 2. The van der Waals surface area contributed by atoms with Crippen LogP contribution in [0.15, 0.2) is 34.3 Å². The van der Waals surface area contributed by atoms with Gasteiger partial charge in [-0.3, -0.25) is 0 Å². The number of anilines is 1. The van der Waals surface area contributed by atoms with Gasteiger partial charge in [0.25, 0.3) is 0 Å². The van der Waals surface area contributed by atoms with E-state index in [2.05, 4.69) is 9.36 Å². The Labute approximate surface area is 103 Å². The van der Waals surface area contributed by atoms with E-state index in [0.717, 1.165) is 35.4 Å². The topological polar surface area (TPSA) is 51.8 Å². The van der Waals surface area contributed by atoms with Crippen molar-refractivity contribution in [3.63, 3.8) is 0 Å². The van der Waals surface area contributed by atoms with E-state index in [1.165, 1.54) is 6.07 Å². The molecule has 17 heavy (non-hydrogen) atoms. The molecule has 1 aromatic carbocycles. The number of benzene rings is 1. The second-order valence-corrected chi connectivity index (χ2v) is 4.87. The van der Waals surface area contributed by atoms with Crippen LogP contribution in [0, 0.1) is 0 Å². The summed E-state index contributed by atoms with van der Waals surface area (Å²) in [5.41, 5.74) is 4.69. The molecule has 1 heterocycles. The number of rotatable bonds is 2. The predicted molar refractivity (Wildman–Crippen MR) is 59.9 cm³/mol. The third-order valence-corrected chi connectivity index (χ3v) is 3.31. The molecule has 0 spiro atoms. The van der Waals surface area contributed by atoms with Gasteiger partial charge in [0, 0.05) is 16.4 Å². The summed E-state index contributed by atoms with van der Waals surface area (Å²) >= 11 is 2.05. The minimum Gasteiger partial charge on any atom is -0.374 e. The predicted octanol–water partition coefficient (Wildman–Crippen LogP) is 3.29. The second-order valence-electron chi connectivity index (χ2n) is 3.04. The number of hydrogen-bond acceptors (Lipinski definition) is 5. The molecule has 0 atom stereocenters. The Hall–Kier alpha value is -1.28. The summed E-state index contributed by atoms with van der Waals surface area (Å²) in [6.45, 7) is 0. The Morgan fingerprint density at radius 2 is 2.06 bits per heavy atom. The third-order valence-electron chi connectivity index (χ3n) is 1.79. The van der Waals surface area contributed by atoms with Gasteiger partial charge in [0.05, 0.1) is 5.56 Å². The first-order valence-corrected chi connectivity index (χ1v) is 5.98. The van der Waals surface area contributed by atoms with Gasteiger partial charge in [-0.15, -0.1) is 0 Å². The van der Waals surface area contributed by atoms with Crippen LogP contribution in [0.1, 0.15) is 5.56 Å². The Kier molecular flexibility index (Phi) is 3.25. The van der Waals surface area contributed by atoms with Crippen molar-refractivity contribution in [3.05, 3.63) is 29.8 Å². The van der Waals surface area contributed by atoms with Gasteiger partial charge in [0.15, 0.2) is 0 Å². The van der Waals surface area contributed by atoms with Gasteiger partial charge in [0.1, 0.15) is 0 Å². The molecule has 0 saturated carbocycles. The van der Waals surface area contributed by atoms with E-state index in [4.69, 9.17) is 5.73 Å². The van der Waals surface area contributed by atoms with Crippen LogP contribution in [0.2, 0.25) is 0 Å². The fraction of sp³-hybridized carbons (Fsp3) is 0.111. The largest absolute Gasteiger partial charge is 0.416 e. The highest BCUT2D eigenvalue weighted by molar-refractivity contribution is 7.99. The Morgan fingerprint density at radius 3 is 2.65 bits per heavy atom. The Morgan fingerprint density at radius 1 is 1.29 bits per heavy atom. The summed E-state index contributed by atoms with van der Waals surface area (Å²) in [5.74, 6) is 0. The average molecular weight is 277 g/mol. The lowest BCUT2D eigenvalue weighted by Crippen LogP contribution is -2.04. The van der Waals surface area contributed by atoms with E-state index in [-0.39, 0.29) is 0 Å². The molecule has 0 radical (unpaired) electrons. The highest BCUT2D eigenvalue weighted by Gasteiger charge is 2.30. The molecule has 0 amide bonds. The molecule has 0 aliphatic rings. The quantitative estimate of drug-likeness (QED) is 0.915. The molecule has 2 aromatic rings. The van der Waals surface area contributed by atoms with Gasteiger partial charge < -0.3 is 5.73 Å². The minimum atomic E-state index is -4.34. The first-order valence-electron chi connectivity index (χ1n) is 4.39. The zero-order chi connectivity index (χ0) is 12.5.